The summed E-state index contributed by atoms with van der Waals surface area (Å²) in [5.74, 6) is 0.971. The van der Waals surface area contributed by atoms with E-state index in [9.17, 15) is 4.79 Å². The van der Waals surface area contributed by atoms with E-state index in [1.54, 1.807) is 0 Å². The maximum absolute atomic E-state index is 11.9. The Labute approximate surface area is 150 Å². The van der Waals surface area contributed by atoms with Gasteiger partial charge in [0.1, 0.15) is 10.9 Å². The molecule has 128 valence electrons. The van der Waals surface area contributed by atoms with E-state index in [4.69, 9.17) is 4.42 Å². The molecule has 0 unspecified atom stereocenters. The quantitative estimate of drug-likeness (QED) is 0.525. The monoisotopic (exact) mass is 391 g/mol. The largest absolute Gasteiger partial charge is 0.442 e. The Balaban J connectivity index is 1.35. The predicted octanol–water partition coefficient (Wildman–Crippen LogP) is 4.10. The van der Waals surface area contributed by atoms with Gasteiger partial charge < -0.3 is 4.42 Å². The van der Waals surface area contributed by atoms with E-state index in [2.05, 4.69) is 36.9 Å². The molecule has 0 N–H and O–H groups in total. The zero-order chi connectivity index (χ0) is 16.8. The van der Waals surface area contributed by atoms with Gasteiger partial charge in [0.25, 0.3) is 5.89 Å². The number of carbonyl (C=O) groups is 1. The van der Waals surface area contributed by atoms with Crippen molar-refractivity contribution in [1.82, 2.24) is 14.9 Å². The van der Waals surface area contributed by atoms with Gasteiger partial charge in [-0.25, -0.2) is 9.97 Å². The van der Waals surface area contributed by atoms with Crippen molar-refractivity contribution in [3.63, 3.8) is 0 Å². The SMILES string of the molecule is O=C(CCCC1CCN(Cc2cccc(Br)n2)CC1)c1ncco1. The zero-order valence-electron chi connectivity index (χ0n) is 13.7. The first-order chi connectivity index (χ1) is 11.7. The molecule has 6 heteroatoms. The molecule has 5 nitrogen and oxygen atoms in total. The molecule has 0 spiro atoms. The zero-order valence-corrected chi connectivity index (χ0v) is 15.2. The molecule has 0 radical (unpaired) electrons. The molecular weight excluding hydrogens is 370 g/mol. The number of halogens is 1. The second-order valence-corrected chi connectivity index (χ2v) is 7.14. The molecule has 1 fully saturated rings. The van der Waals surface area contributed by atoms with Crippen LogP contribution >= 0.6 is 15.9 Å². The highest BCUT2D eigenvalue weighted by Gasteiger charge is 2.20. The Hall–Kier alpha value is -1.53. The van der Waals surface area contributed by atoms with Crippen LogP contribution in [0.25, 0.3) is 0 Å². The number of nitrogens with zero attached hydrogens (tertiary/aromatic N) is 3. The highest BCUT2D eigenvalue weighted by Crippen LogP contribution is 2.24. The third-order valence-corrected chi connectivity index (χ3v) is 4.99. The molecule has 1 aliphatic heterocycles. The third kappa shape index (κ3) is 4.98. The Morgan fingerprint density at radius 2 is 2.17 bits per heavy atom. The average molecular weight is 392 g/mol. The Morgan fingerprint density at radius 1 is 1.33 bits per heavy atom. The van der Waals surface area contributed by atoms with Gasteiger partial charge in [0.05, 0.1) is 11.9 Å². The number of Topliss-reactive ketones (excluding diaryl/α,β-unsaturated/α-hetero) is 1. The number of rotatable bonds is 7. The smallest absolute Gasteiger partial charge is 0.263 e. The van der Waals surface area contributed by atoms with Crippen LogP contribution in [0, 0.1) is 5.92 Å². The van der Waals surface area contributed by atoms with Crippen LogP contribution in [0.3, 0.4) is 0 Å². The first-order valence-corrected chi connectivity index (χ1v) is 9.26. The molecule has 3 rings (SSSR count). The molecular formula is C18H22BrN3O2. The number of aromatic nitrogens is 2. The van der Waals surface area contributed by atoms with Gasteiger partial charge in [-0.05, 0) is 72.8 Å². The van der Waals surface area contributed by atoms with E-state index in [0.29, 0.717) is 12.3 Å². The molecule has 1 saturated heterocycles. The van der Waals surface area contributed by atoms with Crippen molar-refractivity contribution < 1.29 is 9.21 Å². The molecule has 0 amide bonds. The van der Waals surface area contributed by atoms with Crippen LogP contribution in [-0.4, -0.2) is 33.7 Å². The molecule has 0 aromatic carbocycles. The van der Waals surface area contributed by atoms with Crippen molar-refractivity contribution in [2.45, 2.75) is 38.6 Å². The van der Waals surface area contributed by atoms with Crippen LogP contribution in [0.4, 0.5) is 0 Å². The fraction of sp³-hybridized carbons (Fsp3) is 0.500. The highest BCUT2D eigenvalue weighted by atomic mass is 79.9. The minimum absolute atomic E-state index is 0.0122. The van der Waals surface area contributed by atoms with Crippen molar-refractivity contribution in [2.75, 3.05) is 13.1 Å². The number of likely N-dealkylation sites (tertiary alicyclic amines) is 1. The van der Waals surface area contributed by atoms with E-state index < -0.39 is 0 Å². The molecule has 0 aliphatic carbocycles. The van der Waals surface area contributed by atoms with Gasteiger partial charge in [0.2, 0.25) is 5.78 Å². The van der Waals surface area contributed by atoms with Crippen molar-refractivity contribution in [1.29, 1.82) is 0 Å². The summed E-state index contributed by atoms with van der Waals surface area (Å²) in [4.78, 5) is 22.7. The highest BCUT2D eigenvalue weighted by molar-refractivity contribution is 9.10. The minimum Gasteiger partial charge on any atom is -0.442 e. The van der Waals surface area contributed by atoms with Gasteiger partial charge in [-0.1, -0.05) is 6.07 Å². The van der Waals surface area contributed by atoms with Crippen molar-refractivity contribution in [3.8, 4) is 0 Å². The molecule has 3 heterocycles. The molecule has 2 aromatic heterocycles. The number of hydrogen-bond donors (Lipinski definition) is 0. The number of oxazole rings is 1. The van der Waals surface area contributed by atoms with Crippen LogP contribution in [0.5, 0.6) is 0 Å². The number of carbonyl (C=O) groups excluding carboxylic acids is 1. The lowest BCUT2D eigenvalue weighted by Crippen LogP contribution is -2.33. The van der Waals surface area contributed by atoms with E-state index in [-0.39, 0.29) is 11.7 Å². The summed E-state index contributed by atoms with van der Waals surface area (Å²) >= 11 is 3.42. The Kier molecular flexibility index (Phi) is 6.15. The predicted molar refractivity (Wildman–Crippen MR) is 94.6 cm³/mol. The van der Waals surface area contributed by atoms with Crippen molar-refractivity contribution >= 4 is 21.7 Å². The van der Waals surface area contributed by atoms with Crippen LogP contribution in [-0.2, 0) is 6.54 Å². The first kappa shape index (κ1) is 17.3. The second kappa shape index (κ2) is 8.53. The first-order valence-electron chi connectivity index (χ1n) is 8.47. The van der Waals surface area contributed by atoms with Crippen LogP contribution < -0.4 is 0 Å². The second-order valence-electron chi connectivity index (χ2n) is 6.32. The Morgan fingerprint density at radius 3 is 2.88 bits per heavy atom. The van der Waals surface area contributed by atoms with Crippen LogP contribution in [0.1, 0.15) is 48.5 Å². The number of pyridine rings is 1. The van der Waals surface area contributed by atoms with Crippen LogP contribution in [0.15, 0.2) is 39.7 Å². The summed E-state index contributed by atoms with van der Waals surface area (Å²) in [7, 11) is 0. The van der Waals surface area contributed by atoms with E-state index in [0.717, 1.165) is 42.8 Å². The lowest BCUT2D eigenvalue weighted by molar-refractivity contribution is 0.0940. The molecule has 1 aliphatic rings. The summed E-state index contributed by atoms with van der Waals surface area (Å²) in [5, 5.41) is 0. The molecule has 0 atom stereocenters. The fourth-order valence-corrected chi connectivity index (χ4v) is 3.60. The molecule has 24 heavy (non-hydrogen) atoms. The maximum atomic E-state index is 11.9. The molecule has 0 bridgehead atoms. The lowest BCUT2D eigenvalue weighted by atomic mass is 9.91. The summed E-state index contributed by atoms with van der Waals surface area (Å²) in [5.41, 5.74) is 1.11. The summed E-state index contributed by atoms with van der Waals surface area (Å²) in [6, 6.07) is 6.06. The van der Waals surface area contributed by atoms with E-state index >= 15 is 0 Å². The molecule has 0 saturated carbocycles. The lowest BCUT2D eigenvalue weighted by Gasteiger charge is -2.31. The fourth-order valence-electron chi connectivity index (χ4n) is 3.22. The molecule has 2 aromatic rings. The van der Waals surface area contributed by atoms with Crippen molar-refractivity contribution in [3.05, 3.63) is 46.8 Å². The van der Waals surface area contributed by atoms with Gasteiger partial charge in [-0.15, -0.1) is 0 Å². The van der Waals surface area contributed by atoms with Gasteiger partial charge in [-0.2, -0.15) is 0 Å². The van der Waals surface area contributed by atoms with E-state index in [1.807, 2.05) is 12.1 Å². The third-order valence-electron chi connectivity index (χ3n) is 4.55. The Bertz CT molecular complexity index is 652. The maximum Gasteiger partial charge on any atom is 0.263 e. The van der Waals surface area contributed by atoms with Gasteiger partial charge in [0, 0.05) is 13.0 Å². The standard InChI is InChI=1S/C18H22BrN3O2/c19-17-6-2-4-15(21-17)13-22-10-7-14(8-11-22)3-1-5-16(23)18-20-9-12-24-18/h2,4,6,9,12,14H,1,3,5,7-8,10-11,13H2. The summed E-state index contributed by atoms with van der Waals surface area (Å²) in [6.45, 7) is 3.12. The normalized spacial score (nSPS) is 16.4. The van der Waals surface area contributed by atoms with Crippen LogP contribution in [0.2, 0.25) is 0 Å². The van der Waals surface area contributed by atoms with Gasteiger partial charge >= 0.3 is 0 Å². The van der Waals surface area contributed by atoms with Gasteiger partial charge in [0.15, 0.2) is 0 Å². The average Bonchev–Trinajstić information content (AvgIpc) is 3.11. The summed E-state index contributed by atoms with van der Waals surface area (Å²) in [6.07, 6.45) is 7.91. The number of ketones is 1. The minimum atomic E-state index is 0.0122. The van der Waals surface area contributed by atoms with Gasteiger partial charge in [-0.3, -0.25) is 9.69 Å². The van der Waals surface area contributed by atoms with Crippen molar-refractivity contribution in [2.24, 2.45) is 5.92 Å². The number of piperidine rings is 1. The van der Waals surface area contributed by atoms with E-state index in [1.165, 1.54) is 25.3 Å². The topological polar surface area (TPSA) is 59.2 Å². The summed E-state index contributed by atoms with van der Waals surface area (Å²) < 4.78 is 5.93. The number of hydrogen-bond acceptors (Lipinski definition) is 5.